The smallest absolute Gasteiger partial charge is 0.270 e. The Morgan fingerprint density at radius 3 is 2.56 bits per heavy atom. The van der Waals surface area contributed by atoms with Crippen molar-refractivity contribution in [1.29, 1.82) is 0 Å². The van der Waals surface area contributed by atoms with Crippen LogP contribution in [-0.4, -0.2) is 23.5 Å². The predicted molar refractivity (Wildman–Crippen MR) is 144 cm³/mol. The topological polar surface area (TPSA) is 67.9 Å². The Kier molecular flexibility index (Phi) is 7.94. The molecule has 3 aromatic rings. The van der Waals surface area contributed by atoms with Gasteiger partial charge in [-0.05, 0) is 95.3 Å². The molecule has 0 bridgehead atoms. The summed E-state index contributed by atoms with van der Waals surface area (Å²) in [6, 6.07) is 15.1. The van der Waals surface area contributed by atoms with Crippen molar-refractivity contribution < 1.29 is 27.8 Å². The number of anilines is 1. The summed E-state index contributed by atoms with van der Waals surface area (Å²) in [7, 11) is 0. The highest BCUT2D eigenvalue weighted by atomic mass is 127. The molecule has 1 aliphatic rings. The van der Waals surface area contributed by atoms with Crippen LogP contribution in [-0.2, 0) is 16.2 Å². The van der Waals surface area contributed by atoms with Crippen molar-refractivity contribution in [1.82, 2.24) is 5.32 Å². The van der Waals surface area contributed by atoms with E-state index in [9.17, 15) is 18.4 Å². The van der Waals surface area contributed by atoms with Gasteiger partial charge >= 0.3 is 0 Å². The monoisotopic (exact) mass is 620 g/mol. The largest absolute Gasteiger partial charge is 0.490 e. The lowest BCUT2D eigenvalue weighted by Gasteiger charge is -2.29. The summed E-state index contributed by atoms with van der Waals surface area (Å²) in [4.78, 5) is 26.8. The third-order valence-electron chi connectivity index (χ3n) is 5.11. The number of halogens is 3. The van der Waals surface area contributed by atoms with Gasteiger partial charge in [-0.15, -0.1) is 0 Å². The lowest BCUT2D eigenvalue weighted by atomic mass is 10.1. The number of ether oxygens (including phenoxy) is 2. The lowest BCUT2D eigenvalue weighted by Crippen LogP contribution is -2.54. The third-order valence-corrected chi connectivity index (χ3v) is 6.20. The average molecular weight is 620 g/mol. The number of carbonyl (C=O) groups excluding carboxylic acids is 2. The van der Waals surface area contributed by atoms with E-state index in [1.54, 1.807) is 37.3 Å². The van der Waals surface area contributed by atoms with E-state index in [0.29, 0.717) is 32.8 Å². The summed E-state index contributed by atoms with van der Waals surface area (Å²) in [5, 5.41) is 2.23. The summed E-state index contributed by atoms with van der Waals surface area (Å²) in [6.07, 6.45) is 1.38. The van der Waals surface area contributed by atoms with Crippen LogP contribution in [0.2, 0.25) is 0 Å². The summed E-state index contributed by atoms with van der Waals surface area (Å²) in [5.74, 6) is -1.64. The van der Waals surface area contributed by atoms with E-state index in [-0.39, 0.29) is 28.8 Å². The van der Waals surface area contributed by atoms with Crippen molar-refractivity contribution in [2.75, 3.05) is 11.5 Å². The Morgan fingerprint density at radius 2 is 1.83 bits per heavy atom. The van der Waals surface area contributed by atoms with Crippen LogP contribution in [0, 0.1) is 15.2 Å². The Morgan fingerprint density at radius 1 is 1.06 bits per heavy atom. The van der Waals surface area contributed by atoms with Crippen molar-refractivity contribution in [2.45, 2.75) is 13.5 Å². The minimum Gasteiger partial charge on any atom is -0.490 e. The van der Waals surface area contributed by atoms with Crippen molar-refractivity contribution in [3.05, 3.63) is 92.6 Å². The molecule has 6 nitrogen and oxygen atoms in total. The average Bonchev–Trinajstić information content (AvgIpc) is 2.82. The van der Waals surface area contributed by atoms with E-state index in [0.717, 1.165) is 4.90 Å². The van der Waals surface area contributed by atoms with E-state index >= 15 is 0 Å². The molecular weight excluding hydrogens is 601 g/mol. The second kappa shape index (κ2) is 11.1. The van der Waals surface area contributed by atoms with Gasteiger partial charge in [-0.1, -0.05) is 24.3 Å². The van der Waals surface area contributed by atoms with Gasteiger partial charge in [0.25, 0.3) is 11.8 Å². The fourth-order valence-electron chi connectivity index (χ4n) is 3.53. The van der Waals surface area contributed by atoms with Gasteiger partial charge in [0.1, 0.15) is 23.8 Å². The van der Waals surface area contributed by atoms with Crippen molar-refractivity contribution in [3.63, 3.8) is 0 Å². The first-order valence-electron chi connectivity index (χ1n) is 10.8. The Bertz CT molecular complexity index is 1400. The molecule has 1 heterocycles. The SMILES string of the molecule is CCOc1cc(/C=C2\C(=O)NC(=S)N(c3ccccc3F)C2=O)cc(I)c1OCc1cccc(F)c1. The molecule has 2 amide bonds. The molecule has 0 aromatic heterocycles. The number of benzene rings is 3. The van der Waals surface area contributed by atoms with Crippen molar-refractivity contribution in [3.8, 4) is 11.5 Å². The van der Waals surface area contributed by atoms with Gasteiger partial charge in [0.15, 0.2) is 16.6 Å². The summed E-state index contributed by atoms with van der Waals surface area (Å²) >= 11 is 7.18. The lowest BCUT2D eigenvalue weighted by molar-refractivity contribution is -0.122. The first-order valence-corrected chi connectivity index (χ1v) is 12.3. The van der Waals surface area contributed by atoms with Crippen LogP contribution in [0.3, 0.4) is 0 Å². The van der Waals surface area contributed by atoms with Gasteiger partial charge in [0.05, 0.1) is 15.9 Å². The minimum atomic E-state index is -0.756. The van der Waals surface area contributed by atoms with Crippen LogP contribution < -0.4 is 19.7 Å². The fourth-order valence-corrected chi connectivity index (χ4v) is 4.59. The van der Waals surface area contributed by atoms with Gasteiger partial charge in [-0.25, -0.2) is 13.7 Å². The first kappa shape index (κ1) is 25.7. The molecule has 184 valence electrons. The van der Waals surface area contributed by atoms with Crippen LogP contribution in [0.4, 0.5) is 14.5 Å². The maximum atomic E-state index is 14.4. The third kappa shape index (κ3) is 5.54. The second-order valence-corrected chi connectivity index (χ2v) is 9.14. The molecule has 0 spiro atoms. The summed E-state index contributed by atoms with van der Waals surface area (Å²) in [6.45, 7) is 2.26. The fraction of sp³-hybridized carbons (Fsp3) is 0.115. The number of hydrogen-bond donors (Lipinski definition) is 1. The van der Waals surface area contributed by atoms with Gasteiger partial charge in [-0.3, -0.25) is 14.9 Å². The predicted octanol–water partition coefficient (Wildman–Crippen LogP) is 5.38. The van der Waals surface area contributed by atoms with Crippen LogP contribution in [0.5, 0.6) is 11.5 Å². The Balaban J connectivity index is 1.67. The first-order chi connectivity index (χ1) is 17.3. The molecule has 0 radical (unpaired) electrons. The standard InChI is InChI=1S/C26H19F2IN2O4S/c1-2-34-22-13-16(12-20(29)23(22)35-14-15-6-5-7-17(27)10-15)11-18-24(32)30-26(36)31(25(18)33)21-9-4-3-8-19(21)28/h3-13H,2,14H2,1H3,(H,30,32,36)/b18-11+. The van der Waals surface area contributed by atoms with Crippen molar-refractivity contribution >= 4 is 63.5 Å². The molecule has 10 heteroatoms. The minimum absolute atomic E-state index is 0.0657. The zero-order chi connectivity index (χ0) is 25.8. The molecule has 3 aromatic carbocycles. The number of nitrogens with zero attached hydrogens (tertiary/aromatic N) is 1. The number of amides is 2. The summed E-state index contributed by atoms with van der Waals surface area (Å²) < 4.78 is 40.2. The van der Waals surface area contributed by atoms with E-state index in [4.69, 9.17) is 21.7 Å². The second-order valence-electron chi connectivity index (χ2n) is 7.59. The highest BCUT2D eigenvalue weighted by molar-refractivity contribution is 14.1. The van der Waals surface area contributed by atoms with E-state index in [1.807, 2.05) is 0 Å². The molecular formula is C26H19F2IN2O4S. The molecule has 1 fully saturated rings. The highest BCUT2D eigenvalue weighted by Gasteiger charge is 2.35. The zero-order valence-electron chi connectivity index (χ0n) is 18.9. The van der Waals surface area contributed by atoms with Crippen LogP contribution in [0.1, 0.15) is 18.1 Å². The number of para-hydroxylation sites is 1. The summed E-state index contributed by atoms with van der Waals surface area (Å²) in [5.41, 5.74) is 0.844. The van der Waals surface area contributed by atoms with E-state index in [2.05, 4.69) is 27.9 Å². The molecule has 36 heavy (non-hydrogen) atoms. The van der Waals surface area contributed by atoms with Gasteiger partial charge in [-0.2, -0.15) is 0 Å². The van der Waals surface area contributed by atoms with Gasteiger partial charge in [0, 0.05) is 0 Å². The molecule has 1 aliphatic heterocycles. The Hall–Kier alpha value is -3.38. The maximum absolute atomic E-state index is 14.4. The quantitative estimate of drug-likeness (QED) is 0.167. The molecule has 4 rings (SSSR count). The number of nitrogens with one attached hydrogen (secondary N) is 1. The normalized spacial score (nSPS) is 14.7. The van der Waals surface area contributed by atoms with Crippen LogP contribution in [0.25, 0.3) is 6.08 Å². The molecule has 0 unspecified atom stereocenters. The number of hydrogen-bond acceptors (Lipinski definition) is 5. The molecule has 1 saturated heterocycles. The van der Waals surface area contributed by atoms with Gasteiger partial charge < -0.3 is 9.47 Å². The highest BCUT2D eigenvalue weighted by Crippen LogP contribution is 2.36. The molecule has 0 aliphatic carbocycles. The van der Waals surface area contributed by atoms with Gasteiger partial charge in [0.2, 0.25) is 0 Å². The molecule has 0 saturated carbocycles. The zero-order valence-corrected chi connectivity index (χ0v) is 21.9. The van der Waals surface area contributed by atoms with Crippen LogP contribution in [0.15, 0.2) is 66.2 Å². The van der Waals surface area contributed by atoms with E-state index in [1.165, 1.54) is 36.4 Å². The number of thiocarbonyl (C=S) groups is 1. The maximum Gasteiger partial charge on any atom is 0.270 e. The van der Waals surface area contributed by atoms with E-state index < -0.39 is 17.6 Å². The number of carbonyl (C=O) groups is 2. The Labute approximate surface area is 225 Å². The van der Waals surface area contributed by atoms with Crippen molar-refractivity contribution in [2.24, 2.45) is 0 Å². The molecule has 1 N–H and O–H groups in total. The molecule has 0 atom stereocenters. The van der Waals surface area contributed by atoms with Crippen LogP contribution >= 0.6 is 34.8 Å². The number of rotatable bonds is 7.